The molecule has 0 spiro atoms. The highest BCUT2D eigenvalue weighted by Crippen LogP contribution is 1.97. The van der Waals surface area contributed by atoms with Crippen molar-refractivity contribution in [1.82, 2.24) is 0 Å². The molecule has 0 aromatic carbocycles. The second-order valence-electron chi connectivity index (χ2n) is 2.22. The number of carboxylic acid groups (broad SMARTS) is 1. The number of carbonyl (C=O) groups is 1. The average Bonchev–Trinajstić information content (AvgIpc) is 1.80. The van der Waals surface area contributed by atoms with E-state index >= 15 is 0 Å². The van der Waals surface area contributed by atoms with Crippen LogP contribution in [-0.2, 0) is 4.79 Å². The second-order valence-corrected chi connectivity index (χ2v) is 4.27. The van der Waals surface area contributed by atoms with Crippen molar-refractivity contribution < 1.29 is 30.0 Å². The molecule has 0 unspecified atom stereocenters. The Labute approximate surface area is 71.6 Å². The average molecular weight is 197 g/mol. The highest BCUT2D eigenvalue weighted by atomic mass is 28.4. The Morgan fingerprint density at radius 1 is 1.50 bits per heavy atom. The zero-order chi connectivity index (χ0) is 10.2. The molecule has 12 heavy (non-hydrogen) atoms. The lowest BCUT2D eigenvalue weighted by atomic mass is 10.5. The summed E-state index contributed by atoms with van der Waals surface area (Å²) in [7, 11) is -3.72. The van der Waals surface area contributed by atoms with Gasteiger partial charge in [0.1, 0.15) is 0 Å². The Hall–Kier alpha value is -0.473. The first-order chi connectivity index (χ1) is 5.29. The number of carbonyl (C=O) groups excluding carboxylic acids is 1. The summed E-state index contributed by atoms with van der Waals surface area (Å²) in [6.45, 7) is 1.61. The van der Waals surface area contributed by atoms with Crippen LogP contribution in [0.3, 0.4) is 0 Å². The molecule has 0 saturated carbocycles. The van der Waals surface area contributed by atoms with Crippen molar-refractivity contribution in [2.24, 2.45) is 0 Å². The van der Waals surface area contributed by atoms with Crippen LogP contribution in [0.5, 0.6) is 0 Å². The molecule has 0 atom stereocenters. The van der Waals surface area contributed by atoms with Crippen molar-refractivity contribution >= 4 is 14.8 Å². The third-order valence-corrected chi connectivity index (χ3v) is 1.79. The number of carboxylic acids is 1. The van der Waals surface area contributed by atoms with Gasteiger partial charge in [0, 0.05) is 18.4 Å². The normalized spacial score (nSPS) is 10.1. The van der Waals surface area contributed by atoms with Gasteiger partial charge in [0.15, 0.2) is 0 Å². The molecular formula is C5H15NO5Si. The van der Waals surface area contributed by atoms with E-state index < -0.39 is 14.8 Å². The second kappa shape index (κ2) is 7.19. The molecule has 0 aromatic rings. The van der Waals surface area contributed by atoms with Gasteiger partial charge >= 0.3 is 8.80 Å². The lowest BCUT2D eigenvalue weighted by molar-refractivity contribution is -0.367. The molecule has 0 saturated heterocycles. The van der Waals surface area contributed by atoms with Crippen LogP contribution >= 0.6 is 0 Å². The van der Waals surface area contributed by atoms with Gasteiger partial charge in [0.2, 0.25) is 0 Å². The van der Waals surface area contributed by atoms with Gasteiger partial charge in [-0.05, 0) is 6.92 Å². The van der Waals surface area contributed by atoms with Gasteiger partial charge in [0.05, 0.1) is 6.54 Å². The number of hydrogen-bond donors (Lipinski definition) is 4. The van der Waals surface area contributed by atoms with Gasteiger partial charge in [-0.2, -0.15) is 0 Å². The predicted octanol–water partition coefficient (Wildman–Crippen LogP) is -3.71. The molecule has 0 fully saturated rings. The molecule has 0 rings (SSSR count). The Kier molecular flexibility index (Phi) is 8.43. The monoisotopic (exact) mass is 197 g/mol. The summed E-state index contributed by atoms with van der Waals surface area (Å²) in [5, 5.41) is 8.89. The highest BCUT2D eigenvalue weighted by molar-refractivity contribution is 6.56. The third-order valence-electron chi connectivity index (χ3n) is 0.762. The fourth-order valence-corrected chi connectivity index (χ4v) is 1.09. The summed E-state index contributed by atoms with van der Waals surface area (Å²) in [5.74, 6) is -1.08. The Balaban J connectivity index is 0. The quantitative estimate of drug-likeness (QED) is 0.346. The maximum absolute atomic E-state index is 8.89. The maximum atomic E-state index is 8.89. The van der Waals surface area contributed by atoms with E-state index in [1.54, 1.807) is 0 Å². The molecule has 0 aliphatic heterocycles. The molecule has 0 heterocycles. The predicted molar refractivity (Wildman–Crippen MR) is 40.3 cm³/mol. The van der Waals surface area contributed by atoms with Gasteiger partial charge in [-0.3, -0.25) is 0 Å². The molecule has 0 aromatic heterocycles. The minimum atomic E-state index is -3.72. The fourth-order valence-electron chi connectivity index (χ4n) is 0.362. The van der Waals surface area contributed by atoms with Gasteiger partial charge in [0.25, 0.3) is 0 Å². The summed E-state index contributed by atoms with van der Waals surface area (Å²) >= 11 is 0. The molecular weight excluding hydrogens is 182 g/mol. The zero-order valence-electron chi connectivity index (χ0n) is 6.99. The van der Waals surface area contributed by atoms with E-state index in [4.69, 9.17) is 24.3 Å². The van der Waals surface area contributed by atoms with Gasteiger partial charge in [-0.1, -0.05) is 0 Å². The molecule has 0 aliphatic rings. The first-order valence-corrected chi connectivity index (χ1v) is 5.48. The molecule has 0 amide bonds. The van der Waals surface area contributed by atoms with E-state index in [0.717, 1.165) is 6.92 Å². The van der Waals surface area contributed by atoms with Crippen molar-refractivity contribution in [3.8, 4) is 0 Å². The van der Waals surface area contributed by atoms with Crippen LogP contribution in [0.25, 0.3) is 0 Å². The van der Waals surface area contributed by atoms with E-state index in [9.17, 15) is 0 Å². The largest absolute Gasteiger partial charge is 0.550 e. The summed E-state index contributed by atoms with van der Waals surface area (Å²) in [6, 6.07) is 0.108. The van der Waals surface area contributed by atoms with Crippen molar-refractivity contribution in [1.29, 1.82) is 0 Å². The van der Waals surface area contributed by atoms with Crippen LogP contribution in [-0.4, -0.2) is 35.7 Å². The minimum Gasteiger partial charge on any atom is -0.550 e. The zero-order valence-corrected chi connectivity index (χ0v) is 7.99. The van der Waals surface area contributed by atoms with Crippen LogP contribution < -0.4 is 10.8 Å². The smallest absolute Gasteiger partial charge is 0.492 e. The van der Waals surface area contributed by atoms with Crippen LogP contribution in [0.15, 0.2) is 0 Å². The van der Waals surface area contributed by atoms with Gasteiger partial charge in [-0.25, -0.2) is 0 Å². The lowest BCUT2D eigenvalue weighted by Gasteiger charge is -2.05. The minimum absolute atomic E-state index is 0.108. The van der Waals surface area contributed by atoms with Gasteiger partial charge in [-0.15, -0.1) is 0 Å². The van der Waals surface area contributed by atoms with Crippen LogP contribution in [0.2, 0.25) is 6.04 Å². The van der Waals surface area contributed by atoms with E-state index in [1.165, 1.54) is 0 Å². The SMILES string of the molecule is CC(=O)[O-].[NH3+]CCC[Si](O)(O)O. The summed E-state index contributed by atoms with van der Waals surface area (Å²) in [4.78, 5) is 34.0. The fraction of sp³-hybridized carbons (Fsp3) is 0.800. The third kappa shape index (κ3) is 33.8. The summed E-state index contributed by atoms with van der Waals surface area (Å²) < 4.78 is 0. The maximum Gasteiger partial charge on any atom is 0.492 e. The number of rotatable bonds is 3. The number of hydrogen-bond acceptors (Lipinski definition) is 5. The summed E-state index contributed by atoms with van der Waals surface area (Å²) in [5.41, 5.74) is 3.48. The van der Waals surface area contributed by atoms with E-state index in [1.807, 2.05) is 0 Å². The Morgan fingerprint density at radius 2 is 1.83 bits per heavy atom. The first-order valence-electron chi connectivity index (χ1n) is 3.43. The molecule has 0 radical (unpaired) electrons. The number of quaternary nitrogens is 1. The van der Waals surface area contributed by atoms with Crippen LogP contribution in [0.4, 0.5) is 0 Å². The molecule has 74 valence electrons. The first kappa shape index (κ1) is 14.1. The van der Waals surface area contributed by atoms with Crippen molar-refractivity contribution in [2.45, 2.75) is 19.4 Å². The van der Waals surface area contributed by atoms with Crippen LogP contribution in [0.1, 0.15) is 13.3 Å². The molecule has 6 N–H and O–H groups in total. The van der Waals surface area contributed by atoms with Crippen molar-refractivity contribution in [3.05, 3.63) is 0 Å². The van der Waals surface area contributed by atoms with E-state index in [0.29, 0.717) is 13.0 Å². The molecule has 0 bridgehead atoms. The lowest BCUT2D eigenvalue weighted by Crippen LogP contribution is -2.51. The van der Waals surface area contributed by atoms with E-state index in [-0.39, 0.29) is 6.04 Å². The Bertz CT molecular complexity index is 119. The number of aliphatic carboxylic acids is 1. The van der Waals surface area contributed by atoms with Gasteiger partial charge < -0.3 is 30.0 Å². The van der Waals surface area contributed by atoms with Crippen LogP contribution in [0, 0.1) is 0 Å². The van der Waals surface area contributed by atoms with E-state index in [2.05, 4.69) is 5.73 Å². The Morgan fingerprint density at radius 3 is 1.92 bits per heavy atom. The topological polar surface area (TPSA) is 128 Å². The van der Waals surface area contributed by atoms with Crippen molar-refractivity contribution in [3.63, 3.8) is 0 Å². The van der Waals surface area contributed by atoms with Crippen molar-refractivity contribution in [2.75, 3.05) is 6.54 Å². The molecule has 7 heteroatoms. The standard InChI is InChI=1S/C3H11NO3Si.C2H4O2/c4-2-1-3-8(5,6)7;1-2(3)4/h5-7H,1-4H2;1H3,(H,3,4). The molecule has 6 nitrogen and oxygen atoms in total. The highest BCUT2D eigenvalue weighted by Gasteiger charge is 2.25. The summed E-state index contributed by atoms with van der Waals surface area (Å²) in [6.07, 6.45) is 0.579. The molecule has 0 aliphatic carbocycles.